The molecule has 2 aromatic rings. The van der Waals surface area contributed by atoms with Crippen molar-refractivity contribution in [1.82, 2.24) is 0 Å². The minimum absolute atomic E-state index is 0.176. The summed E-state index contributed by atoms with van der Waals surface area (Å²) in [6.45, 7) is 0. The van der Waals surface area contributed by atoms with E-state index in [-0.39, 0.29) is 5.78 Å². The number of rotatable bonds is 2. The van der Waals surface area contributed by atoms with Crippen molar-refractivity contribution in [3.05, 3.63) is 47.5 Å². The summed E-state index contributed by atoms with van der Waals surface area (Å²) in [5.74, 6) is 4.96. The first-order chi connectivity index (χ1) is 10.7. The second kappa shape index (κ2) is 5.41. The van der Waals surface area contributed by atoms with Gasteiger partial charge in [0.25, 0.3) is 0 Å². The van der Waals surface area contributed by atoms with Gasteiger partial charge in [-0.05, 0) is 0 Å². The Morgan fingerprint density at radius 3 is 1.48 bits per heavy atom. The Labute approximate surface area is 141 Å². The van der Waals surface area contributed by atoms with Crippen LogP contribution in [0.1, 0.15) is 15.9 Å². The molecule has 0 atom stereocenters. The SMILES string of the molecule is CN(C)c1ccc2[c](c1)[Ge]([CH3])([CH3])[c]1cc(N(C)C)ccc1C2=O. The fourth-order valence-corrected chi connectivity index (χ4v) is 9.74. The van der Waals surface area contributed by atoms with E-state index in [0.29, 0.717) is 0 Å². The summed E-state index contributed by atoms with van der Waals surface area (Å²) in [6, 6.07) is 12.6. The number of hydrogen-bond donors (Lipinski definition) is 0. The molecule has 0 spiro atoms. The summed E-state index contributed by atoms with van der Waals surface area (Å²) < 4.78 is 2.59. The summed E-state index contributed by atoms with van der Waals surface area (Å²) in [5, 5.41) is 0. The van der Waals surface area contributed by atoms with Crippen molar-refractivity contribution in [3.8, 4) is 0 Å². The Morgan fingerprint density at radius 1 is 0.739 bits per heavy atom. The molecule has 4 heteroatoms. The zero-order chi connectivity index (χ0) is 16.9. The fourth-order valence-electron chi connectivity index (χ4n) is 3.34. The predicted molar refractivity (Wildman–Crippen MR) is 102 cm³/mol. The molecule has 0 bridgehead atoms. The molecular formula is C19H24GeN2O. The standard InChI is InChI=1S/C19H24GeN2O/c1-20(2)17-11-13(21(3)4)7-9-15(17)19(23)16-10-8-14(22(5)6)12-18(16)20/h7-12H,1-6H3. The van der Waals surface area contributed by atoms with E-state index in [2.05, 4.69) is 33.4 Å². The Bertz CT molecular complexity index is 730. The molecule has 0 saturated carbocycles. The third-order valence-electron chi connectivity index (χ3n) is 4.88. The Kier molecular flexibility index (Phi) is 3.79. The van der Waals surface area contributed by atoms with Gasteiger partial charge in [-0.1, -0.05) is 0 Å². The van der Waals surface area contributed by atoms with Crippen LogP contribution >= 0.6 is 0 Å². The van der Waals surface area contributed by atoms with Gasteiger partial charge in [0, 0.05) is 0 Å². The molecule has 0 radical (unpaired) electrons. The molecule has 1 aliphatic heterocycles. The van der Waals surface area contributed by atoms with Gasteiger partial charge in [0.2, 0.25) is 0 Å². The van der Waals surface area contributed by atoms with Crippen LogP contribution in [0, 0.1) is 0 Å². The van der Waals surface area contributed by atoms with E-state index in [1.165, 1.54) is 20.2 Å². The quantitative estimate of drug-likeness (QED) is 0.759. The van der Waals surface area contributed by atoms with Crippen molar-refractivity contribution >= 4 is 39.2 Å². The molecule has 1 aliphatic rings. The van der Waals surface area contributed by atoms with E-state index in [0.717, 1.165) is 11.1 Å². The molecule has 3 rings (SSSR count). The van der Waals surface area contributed by atoms with Crippen LogP contribution < -0.4 is 18.6 Å². The van der Waals surface area contributed by atoms with Crippen LogP contribution in [0.15, 0.2) is 36.4 Å². The van der Waals surface area contributed by atoms with Crippen LogP contribution in [0.5, 0.6) is 0 Å². The molecule has 0 aliphatic carbocycles. The maximum absolute atomic E-state index is 13.0. The summed E-state index contributed by atoms with van der Waals surface area (Å²) in [7, 11) is 8.18. The number of carbonyl (C=O) groups excluding carboxylic acids is 1. The van der Waals surface area contributed by atoms with E-state index in [9.17, 15) is 4.79 Å². The predicted octanol–water partition coefficient (Wildman–Crippen LogP) is 2.19. The van der Waals surface area contributed by atoms with Crippen molar-refractivity contribution in [2.24, 2.45) is 0 Å². The van der Waals surface area contributed by atoms with Crippen molar-refractivity contribution in [3.63, 3.8) is 0 Å². The zero-order valence-corrected chi connectivity index (χ0v) is 16.9. The first-order valence-corrected chi connectivity index (χ1v) is 14.2. The Hall–Kier alpha value is -1.75. The van der Waals surface area contributed by atoms with Gasteiger partial charge in [0.1, 0.15) is 0 Å². The van der Waals surface area contributed by atoms with Gasteiger partial charge < -0.3 is 0 Å². The molecule has 0 fully saturated rings. The van der Waals surface area contributed by atoms with Crippen molar-refractivity contribution < 1.29 is 4.79 Å². The van der Waals surface area contributed by atoms with Crippen LogP contribution in [0.25, 0.3) is 0 Å². The monoisotopic (exact) mass is 370 g/mol. The maximum atomic E-state index is 13.0. The average molecular weight is 369 g/mol. The van der Waals surface area contributed by atoms with Crippen molar-refractivity contribution in [1.29, 1.82) is 0 Å². The molecule has 0 unspecified atom stereocenters. The third-order valence-corrected chi connectivity index (χ3v) is 12.3. The molecule has 0 saturated heterocycles. The zero-order valence-electron chi connectivity index (χ0n) is 14.8. The van der Waals surface area contributed by atoms with Gasteiger partial charge in [-0.2, -0.15) is 0 Å². The van der Waals surface area contributed by atoms with Crippen LogP contribution in [0.4, 0.5) is 11.4 Å². The number of benzene rings is 2. The van der Waals surface area contributed by atoms with Crippen LogP contribution in [0.3, 0.4) is 0 Å². The number of nitrogens with zero attached hydrogens (tertiary/aromatic N) is 2. The van der Waals surface area contributed by atoms with Gasteiger partial charge in [0.15, 0.2) is 0 Å². The van der Waals surface area contributed by atoms with Gasteiger partial charge in [-0.3, -0.25) is 0 Å². The summed E-state index contributed by atoms with van der Waals surface area (Å²) in [6.07, 6.45) is 0. The molecule has 0 N–H and O–H groups in total. The topological polar surface area (TPSA) is 23.6 Å². The Morgan fingerprint density at radius 2 is 1.13 bits per heavy atom. The van der Waals surface area contributed by atoms with Crippen LogP contribution in [-0.4, -0.2) is 47.2 Å². The van der Waals surface area contributed by atoms with E-state index in [1.54, 1.807) is 0 Å². The molecule has 2 aromatic carbocycles. The van der Waals surface area contributed by atoms with Crippen LogP contribution in [-0.2, 0) is 0 Å². The summed E-state index contributed by atoms with van der Waals surface area (Å²) in [4.78, 5) is 17.2. The van der Waals surface area contributed by atoms with Crippen molar-refractivity contribution in [2.75, 3.05) is 38.0 Å². The summed E-state index contributed by atoms with van der Waals surface area (Å²) >= 11 is -2.50. The van der Waals surface area contributed by atoms with Gasteiger partial charge in [-0.25, -0.2) is 0 Å². The average Bonchev–Trinajstić information content (AvgIpc) is 2.51. The number of fused-ring (bicyclic) bond motifs is 2. The molecule has 120 valence electrons. The molecular weight excluding hydrogens is 345 g/mol. The van der Waals surface area contributed by atoms with Gasteiger partial charge >= 0.3 is 141 Å². The number of carbonyl (C=O) groups is 1. The molecule has 23 heavy (non-hydrogen) atoms. The Balaban J connectivity index is 2.26. The van der Waals surface area contributed by atoms with Gasteiger partial charge in [0.05, 0.1) is 0 Å². The molecule has 3 nitrogen and oxygen atoms in total. The third kappa shape index (κ3) is 2.47. The summed E-state index contributed by atoms with van der Waals surface area (Å²) in [5.41, 5.74) is 4.15. The van der Waals surface area contributed by atoms with Crippen LogP contribution in [0.2, 0.25) is 11.5 Å². The first kappa shape index (κ1) is 16.1. The van der Waals surface area contributed by atoms with Crippen molar-refractivity contribution in [2.45, 2.75) is 11.5 Å². The molecule has 0 aromatic heterocycles. The normalized spacial score (nSPS) is 15.0. The fraction of sp³-hybridized carbons (Fsp3) is 0.316. The number of ketones is 1. The van der Waals surface area contributed by atoms with Gasteiger partial charge in [-0.15, -0.1) is 0 Å². The second-order valence-electron chi connectivity index (χ2n) is 7.20. The van der Waals surface area contributed by atoms with E-state index in [1.807, 2.05) is 52.5 Å². The van der Waals surface area contributed by atoms with E-state index in [4.69, 9.17) is 0 Å². The first-order valence-electron chi connectivity index (χ1n) is 7.92. The number of hydrogen-bond acceptors (Lipinski definition) is 3. The minimum atomic E-state index is -2.50. The number of anilines is 2. The molecule has 1 heterocycles. The second-order valence-corrected chi connectivity index (χ2v) is 16.3. The van der Waals surface area contributed by atoms with E-state index >= 15 is 0 Å². The van der Waals surface area contributed by atoms with E-state index < -0.39 is 13.3 Å². The molecule has 0 amide bonds.